The zero-order valence-electron chi connectivity index (χ0n) is 32.6. The summed E-state index contributed by atoms with van der Waals surface area (Å²) in [7, 11) is 1.72. The molecule has 57 heavy (non-hydrogen) atoms. The normalized spacial score (nSPS) is 20.7. The molecular weight excluding hydrogens is 718 g/mol. The average Bonchev–Trinajstić information content (AvgIpc) is 3.43. The summed E-state index contributed by atoms with van der Waals surface area (Å²) < 4.78 is 19.5. The molecule has 1 N–H and O–H groups in total. The zero-order valence-corrected chi connectivity index (χ0v) is 32.6. The summed E-state index contributed by atoms with van der Waals surface area (Å²) in [5.41, 5.74) is 11.2. The smallest absolute Gasteiger partial charge is 0.255 e. The van der Waals surface area contributed by atoms with Gasteiger partial charge in [-0.25, -0.2) is 4.39 Å². The summed E-state index contributed by atoms with van der Waals surface area (Å²) in [5.74, 6) is 0.545. The van der Waals surface area contributed by atoms with Crippen LogP contribution in [0.3, 0.4) is 0 Å². The summed E-state index contributed by atoms with van der Waals surface area (Å²) in [4.78, 5) is 46.5. The number of imide groups is 1. The molecule has 9 rings (SSSR count). The second-order valence-electron chi connectivity index (χ2n) is 16.2. The number of fused-ring (bicyclic) bond motifs is 2. The number of hydrogen-bond donors (Lipinski definition) is 1. The number of aryl methyl sites for hydroxylation is 1. The van der Waals surface area contributed by atoms with Crippen LogP contribution in [0.4, 0.5) is 15.8 Å². The molecule has 3 amide bonds. The fourth-order valence-corrected chi connectivity index (χ4v) is 9.68. The number of nitrogens with zero attached hydrogens (tertiary/aromatic N) is 4. The van der Waals surface area contributed by atoms with Crippen molar-refractivity contribution in [2.75, 3.05) is 62.7 Å². The van der Waals surface area contributed by atoms with Crippen LogP contribution in [-0.4, -0.2) is 86.5 Å². The Balaban J connectivity index is 0.806. The van der Waals surface area contributed by atoms with Gasteiger partial charge in [0.15, 0.2) is 0 Å². The largest absolute Gasteiger partial charge is 0.497 e. The van der Waals surface area contributed by atoms with Crippen molar-refractivity contribution >= 4 is 40.2 Å². The van der Waals surface area contributed by atoms with Crippen molar-refractivity contribution in [2.24, 2.45) is 5.92 Å². The molecule has 10 heteroatoms. The lowest BCUT2D eigenvalue weighted by Crippen LogP contribution is -2.52. The molecule has 4 aliphatic heterocycles. The summed E-state index contributed by atoms with van der Waals surface area (Å²) in [6.45, 7) is 7.48. The minimum absolute atomic E-state index is 0.128. The highest BCUT2D eigenvalue weighted by Gasteiger charge is 2.39. The van der Waals surface area contributed by atoms with Crippen LogP contribution in [0.2, 0.25) is 0 Å². The molecular formula is C47H50FN5O4. The number of carbonyl (C=O) groups is 3. The maximum Gasteiger partial charge on any atom is 0.255 e. The van der Waals surface area contributed by atoms with Crippen LogP contribution in [0.5, 0.6) is 5.75 Å². The first-order valence-corrected chi connectivity index (χ1v) is 20.6. The molecule has 9 nitrogen and oxygen atoms in total. The van der Waals surface area contributed by atoms with Crippen LogP contribution in [0.15, 0.2) is 84.9 Å². The topological polar surface area (TPSA) is 85.4 Å². The van der Waals surface area contributed by atoms with Crippen molar-refractivity contribution in [1.29, 1.82) is 0 Å². The number of piperidine rings is 2. The number of piperazine rings is 1. The number of hydrogen-bond acceptors (Lipinski definition) is 7. The average molecular weight is 768 g/mol. The Morgan fingerprint density at radius 2 is 1.40 bits per heavy atom. The number of rotatable bonds is 8. The highest BCUT2D eigenvalue weighted by Crippen LogP contribution is 2.41. The lowest BCUT2D eigenvalue weighted by atomic mass is 9.87. The number of anilines is 2. The van der Waals surface area contributed by atoms with Crippen molar-refractivity contribution in [1.82, 2.24) is 15.1 Å². The zero-order chi connectivity index (χ0) is 39.0. The molecule has 1 aliphatic carbocycles. The van der Waals surface area contributed by atoms with E-state index in [-0.39, 0.29) is 30.0 Å². The van der Waals surface area contributed by atoms with Crippen LogP contribution in [0.25, 0.3) is 11.1 Å². The van der Waals surface area contributed by atoms with E-state index in [1.165, 1.54) is 46.4 Å². The third-order valence-corrected chi connectivity index (χ3v) is 12.8. The third kappa shape index (κ3) is 7.55. The number of allylic oxidation sites excluding steroid dienone is 1. The minimum Gasteiger partial charge on any atom is -0.497 e. The van der Waals surface area contributed by atoms with Gasteiger partial charge >= 0.3 is 0 Å². The van der Waals surface area contributed by atoms with Gasteiger partial charge in [-0.05, 0) is 138 Å². The lowest BCUT2D eigenvalue weighted by Gasteiger charge is -2.40. The summed E-state index contributed by atoms with van der Waals surface area (Å²) in [6, 6.07) is 27.9. The quantitative estimate of drug-likeness (QED) is 0.195. The molecule has 4 aromatic rings. The van der Waals surface area contributed by atoms with Crippen LogP contribution in [0, 0.1) is 11.7 Å². The lowest BCUT2D eigenvalue weighted by molar-refractivity contribution is -0.136. The number of nitrogens with one attached hydrogen (secondary N) is 1. The van der Waals surface area contributed by atoms with E-state index in [0.717, 1.165) is 87.6 Å². The van der Waals surface area contributed by atoms with Crippen molar-refractivity contribution in [3.05, 3.63) is 124 Å². The standard InChI is InChI=1S/C47H50FN5O4/c1-57-39-14-16-41-34(28-39)3-2-4-40(32-5-9-36(48)10-6-32)45(41)33-7-11-37(12-8-33)51-21-19-31(20-22-51)29-50-23-25-52(26-24-50)38-13-15-42-35(27-38)30-53(47(42)56)43-17-18-44(54)49-46(43)55/h5-16,27-28,31,43H,2-4,17-26,29-30H2,1H3,(H,49,54,55). The number of halogens is 1. The molecule has 0 radical (unpaired) electrons. The van der Waals surface area contributed by atoms with Crippen LogP contribution in [-0.2, 0) is 22.6 Å². The second-order valence-corrected chi connectivity index (χ2v) is 16.2. The van der Waals surface area contributed by atoms with Gasteiger partial charge in [0.1, 0.15) is 17.6 Å². The molecule has 1 unspecified atom stereocenters. The molecule has 4 aromatic carbocycles. The van der Waals surface area contributed by atoms with Gasteiger partial charge in [-0.2, -0.15) is 0 Å². The number of benzene rings is 4. The van der Waals surface area contributed by atoms with E-state index in [0.29, 0.717) is 24.4 Å². The van der Waals surface area contributed by atoms with Gasteiger partial charge in [-0.15, -0.1) is 0 Å². The van der Waals surface area contributed by atoms with Gasteiger partial charge in [-0.1, -0.05) is 30.3 Å². The molecule has 5 aliphatic rings. The van der Waals surface area contributed by atoms with Gasteiger partial charge < -0.3 is 19.4 Å². The highest BCUT2D eigenvalue weighted by molar-refractivity contribution is 6.05. The molecule has 4 heterocycles. The summed E-state index contributed by atoms with van der Waals surface area (Å²) >= 11 is 0. The number of ether oxygens (including phenoxy) is 1. The van der Waals surface area contributed by atoms with E-state index in [9.17, 15) is 18.8 Å². The van der Waals surface area contributed by atoms with Crippen LogP contribution >= 0.6 is 0 Å². The van der Waals surface area contributed by atoms with Crippen molar-refractivity contribution in [3.63, 3.8) is 0 Å². The van der Waals surface area contributed by atoms with Crippen molar-refractivity contribution in [2.45, 2.75) is 57.5 Å². The van der Waals surface area contributed by atoms with E-state index >= 15 is 0 Å². The SMILES string of the molecule is COc1ccc2c(c1)CCCC(c1ccc(F)cc1)=C2c1ccc(N2CCC(CN3CCN(c4ccc5c(c4)CN(C4CCC(=O)NC4=O)C5=O)CC3)CC2)cc1. The van der Waals surface area contributed by atoms with Gasteiger partial charge in [-0.3, -0.25) is 24.6 Å². The van der Waals surface area contributed by atoms with Gasteiger partial charge in [0.05, 0.1) is 7.11 Å². The molecule has 0 aromatic heterocycles. The monoisotopic (exact) mass is 767 g/mol. The maximum absolute atomic E-state index is 14.0. The number of methoxy groups -OCH3 is 1. The van der Waals surface area contributed by atoms with E-state index in [1.54, 1.807) is 24.1 Å². The molecule has 3 saturated heterocycles. The summed E-state index contributed by atoms with van der Waals surface area (Å²) in [6.07, 6.45) is 5.87. The Morgan fingerprint density at radius 3 is 2.14 bits per heavy atom. The van der Waals surface area contributed by atoms with E-state index in [4.69, 9.17) is 4.74 Å². The molecule has 1 atom stereocenters. The van der Waals surface area contributed by atoms with E-state index < -0.39 is 6.04 Å². The second kappa shape index (κ2) is 15.8. The highest BCUT2D eigenvalue weighted by atomic mass is 19.1. The number of carbonyl (C=O) groups excluding carboxylic acids is 3. The first-order chi connectivity index (χ1) is 27.8. The summed E-state index contributed by atoms with van der Waals surface area (Å²) in [5, 5.41) is 2.39. The Kier molecular flexibility index (Phi) is 10.3. The molecule has 0 spiro atoms. The molecule has 0 saturated carbocycles. The predicted molar refractivity (Wildman–Crippen MR) is 221 cm³/mol. The molecule has 0 bridgehead atoms. The molecule has 3 fully saturated rings. The molecule has 294 valence electrons. The van der Waals surface area contributed by atoms with Crippen LogP contribution in [0.1, 0.15) is 76.7 Å². The predicted octanol–water partition coefficient (Wildman–Crippen LogP) is 6.93. The third-order valence-electron chi connectivity index (χ3n) is 12.8. The Bertz CT molecular complexity index is 2200. The Morgan fingerprint density at radius 1 is 0.702 bits per heavy atom. The maximum atomic E-state index is 14.0. The number of amides is 3. The first kappa shape index (κ1) is 37.1. The van der Waals surface area contributed by atoms with Gasteiger partial charge in [0.2, 0.25) is 11.8 Å². The fourth-order valence-electron chi connectivity index (χ4n) is 9.68. The fraction of sp³-hybridized carbons (Fsp3) is 0.383. The van der Waals surface area contributed by atoms with Crippen LogP contribution < -0.4 is 19.9 Å². The Labute approximate surface area is 334 Å². The van der Waals surface area contributed by atoms with E-state index in [1.807, 2.05) is 30.3 Å². The van der Waals surface area contributed by atoms with Gasteiger partial charge in [0.25, 0.3) is 5.91 Å². The van der Waals surface area contributed by atoms with Gasteiger partial charge in [0, 0.05) is 75.7 Å². The van der Waals surface area contributed by atoms with Crippen molar-refractivity contribution in [3.8, 4) is 5.75 Å². The van der Waals surface area contributed by atoms with E-state index in [2.05, 4.69) is 62.5 Å². The first-order valence-electron chi connectivity index (χ1n) is 20.6. The Hall–Kier alpha value is -5.48. The van der Waals surface area contributed by atoms with Crippen molar-refractivity contribution < 1.29 is 23.5 Å². The minimum atomic E-state index is -0.594.